The molecule has 1 spiro atoms. The van der Waals surface area contributed by atoms with Gasteiger partial charge < -0.3 is 14.8 Å². The first kappa shape index (κ1) is 9.90. The fourth-order valence-electron chi connectivity index (χ4n) is 2.42. The minimum Gasteiger partial charge on any atom is -0.485 e. The average Bonchev–Trinajstić information content (AvgIpc) is 2.60. The van der Waals surface area contributed by atoms with E-state index in [4.69, 9.17) is 9.47 Å². The van der Waals surface area contributed by atoms with Gasteiger partial charge in [-0.1, -0.05) is 0 Å². The Morgan fingerprint density at radius 3 is 2.33 bits per heavy atom. The van der Waals surface area contributed by atoms with Gasteiger partial charge in [0.05, 0.1) is 11.1 Å². The van der Waals surface area contributed by atoms with Gasteiger partial charge in [-0.25, -0.2) is 0 Å². The Hall–Kier alpha value is -2.08. The predicted octanol–water partition coefficient (Wildman–Crippen LogP) is -0.317. The lowest BCUT2D eigenvalue weighted by Gasteiger charge is -2.45. The lowest BCUT2D eigenvalue weighted by molar-refractivity contribution is -0.0459. The summed E-state index contributed by atoms with van der Waals surface area (Å²) in [7, 11) is 0. The van der Waals surface area contributed by atoms with Crippen molar-refractivity contribution >= 4 is 11.8 Å². The van der Waals surface area contributed by atoms with Gasteiger partial charge in [-0.15, -0.1) is 0 Å². The smallest absolute Gasteiger partial charge is 0.259 e. The number of benzene rings is 1. The molecule has 1 aromatic rings. The number of fused-ring (bicyclic) bond motifs is 2. The molecule has 0 saturated carbocycles. The van der Waals surface area contributed by atoms with E-state index >= 15 is 0 Å². The number of hydrogen-bond donors (Lipinski definition) is 2. The van der Waals surface area contributed by atoms with E-state index in [1.165, 1.54) is 0 Å². The molecule has 3 heterocycles. The van der Waals surface area contributed by atoms with Crippen LogP contribution in [0.2, 0.25) is 0 Å². The third-order valence-corrected chi connectivity index (χ3v) is 3.51. The molecule has 2 amide bonds. The van der Waals surface area contributed by atoms with Crippen molar-refractivity contribution in [3.05, 3.63) is 23.3 Å². The summed E-state index contributed by atoms with van der Waals surface area (Å²) in [5, 5.41) is 5.38. The molecular formula is C12H10N2O4. The summed E-state index contributed by atoms with van der Waals surface area (Å²) in [5.41, 5.74) is 0.386. The summed E-state index contributed by atoms with van der Waals surface area (Å²) in [5.74, 6) is 0.294. The Balaban J connectivity index is 1.81. The van der Waals surface area contributed by atoms with Crippen LogP contribution in [0.4, 0.5) is 0 Å². The third-order valence-electron chi connectivity index (χ3n) is 3.51. The lowest BCUT2D eigenvalue weighted by Crippen LogP contribution is -2.67. The summed E-state index contributed by atoms with van der Waals surface area (Å²) < 4.78 is 11.5. The molecule has 0 unspecified atom stereocenters. The largest absolute Gasteiger partial charge is 0.485 e. The van der Waals surface area contributed by atoms with Gasteiger partial charge in [0.1, 0.15) is 6.61 Å². The molecular weight excluding hydrogens is 236 g/mol. The number of amides is 2. The molecule has 1 saturated heterocycles. The van der Waals surface area contributed by atoms with Crippen LogP contribution in [0.5, 0.6) is 11.5 Å². The standard InChI is InChI=1S/C12H10N2O4/c15-10-6-1-8-9(2-7(6)11(16)14-10)18-12(5-17-8)3-13-4-12/h1-2,13H,3-5H2,(H,14,15,16). The van der Waals surface area contributed by atoms with Gasteiger partial charge >= 0.3 is 0 Å². The molecule has 4 rings (SSSR count). The molecule has 92 valence electrons. The second-order valence-electron chi connectivity index (χ2n) is 4.81. The molecule has 0 atom stereocenters. The number of carbonyl (C=O) groups is 2. The summed E-state index contributed by atoms with van der Waals surface area (Å²) >= 11 is 0. The van der Waals surface area contributed by atoms with Crippen LogP contribution in [-0.4, -0.2) is 37.1 Å². The normalized spacial score (nSPS) is 22.4. The van der Waals surface area contributed by atoms with Crippen LogP contribution >= 0.6 is 0 Å². The number of imide groups is 1. The lowest BCUT2D eigenvalue weighted by atomic mass is 9.96. The molecule has 1 fully saturated rings. The molecule has 0 radical (unpaired) electrons. The minimum atomic E-state index is -0.382. The topological polar surface area (TPSA) is 76.7 Å². The summed E-state index contributed by atoms with van der Waals surface area (Å²) in [4.78, 5) is 23.1. The van der Waals surface area contributed by atoms with Crippen molar-refractivity contribution in [2.45, 2.75) is 5.60 Å². The average molecular weight is 246 g/mol. The zero-order chi connectivity index (χ0) is 12.3. The number of ether oxygens (including phenoxy) is 2. The van der Waals surface area contributed by atoms with Gasteiger partial charge in [0.25, 0.3) is 11.8 Å². The molecule has 3 aliphatic heterocycles. The van der Waals surface area contributed by atoms with Crippen LogP contribution in [0, 0.1) is 0 Å². The van der Waals surface area contributed by atoms with Crippen molar-refractivity contribution in [2.24, 2.45) is 0 Å². The highest BCUT2D eigenvalue weighted by Gasteiger charge is 2.44. The second-order valence-corrected chi connectivity index (χ2v) is 4.81. The Bertz CT molecular complexity index is 592. The highest BCUT2D eigenvalue weighted by atomic mass is 16.6. The SMILES string of the molecule is O=C1NC(=O)c2cc3c(cc21)OCC1(CNC1)O3. The monoisotopic (exact) mass is 246 g/mol. The molecule has 6 nitrogen and oxygen atoms in total. The van der Waals surface area contributed by atoms with Crippen LogP contribution in [0.3, 0.4) is 0 Å². The van der Waals surface area contributed by atoms with Crippen molar-refractivity contribution in [2.75, 3.05) is 19.7 Å². The van der Waals surface area contributed by atoms with Gasteiger partial charge in [0.2, 0.25) is 0 Å². The first-order valence-corrected chi connectivity index (χ1v) is 5.73. The molecule has 0 aromatic heterocycles. The molecule has 3 aliphatic rings. The van der Waals surface area contributed by atoms with Gasteiger partial charge in [-0.3, -0.25) is 14.9 Å². The molecule has 1 aromatic carbocycles. The van der Waals surface area contributed by atoms with Crippen LogP contribution < -0.4 is 20.1 Å². The molecule has 18 heavy (non-hydrogen) atoms. The zero-order valence-corrected chi connectivity index (χ0v) is 9.41. The fourth-order valence-corrected chi connectivity index (χ4v) is 2.42. The number of carbonyl (C=O) groups excluding carboxylic acids is 2. The maximum absolute atomic E-state index is 11.6. The van der Waals surface area contributed by atoms with Crippen LogP contribution in [0.25, 0.3) is 0 Å². The van der Waals surface area contributed by atoms with Gasteiger partial charge in [-0.05, 0) is 12.1 Å². The molecule has 2 N–H and O–H groups in total. The van der Waals surface area contributed by atoms with Crippen molar-refractivity contribution < 1.29 is 19.1 Å². The van der Waals surface area contributed by atoms with Crippen molar-refractivity contribution in [3.8, 4) is 11.5 Å². The molecule has 6 heteroatoms. The van der Waals surface area contributed by atoms with E-state index in [1.807, 2.05) is 0 Å². The molecule has 0 aliphatic carbocycles. The Kier molecular flexibility index (Phi) is 1.66. The van der Waals surface area contributed by atoms with E-state index in [2.05, 4.69) is 10.6 Å². The summed E-state index contributed by atoms with van der Waals surface area (Å²) in [6.45, 7) is 1.92. The van der Waals surface area contributed by atoms with E-state index in [1.54, 1.807) is 12.1 Å². The van der Waals surface area contributed by atoms with Gasteiger partial charge in [-0.2, -0.15) is 0 Å². The van der Waals surface area contributed by atoms with Crippen LogP contribution in [0.1, 0.15) is 20.7 Å². The second kappa shape index (κ2) is 3.02. The van der Waals surface area contributed by atoms with Gasteiger partial charge in [0.15, 0.2) is 17.1 Å². The maximum atomic E-state index is 11.6. The van der Waals surface area contributed by atoms with E-state index in [0.717, 1.165) is 13.1 Å². The van der Waals surface area contributed by atoms with Gasteiger partial charge in [0, 0.05) is 13.1 Å². The number of hydrogen-bond acceptors (Lipinski definition) is 5. The number of rotatable bonds is 0. The van der Waals surface area contributed by atoms with Crippen LogP contribution in [-0.2, 0) is 0 Å². The first-order chi connectivity index (χ1) is 8.67. The van der Waals surface area contributed by atoms with Crippen LogP contribution in [0.15, 0.2) is 12.1 Å². The quantitative estimate of drug-likeness (QED) is 0.614. The highest BCUT2D eigenvalue weighted by Crippen LogP contribution is 2.39. The highest BCUT2D eigenvalue weighted by molar-refractivity contribution is 6.21. The van der Waals surface area contributed by atoms with Crippen molar-refractivity contribution in [1.82, 2.24) is 10.6 Å². The minimum absolute atomic E-state index is 0.319. The summed E-state index contributed by atoms with van der Waals surface area (Å²) in [6, 6.07) is 3.16. The van der Waals surface area contributed by atoms with E-state index in [-0.39, 0.29) is 17.4 Å². The first-order valence-electron chi connectivity index (χ1n) is 5.73. The molecule has 0 bridgehead atoms. The Labute approximate surface area is 102 Å². The zero-order valence-electron chi connectivity index (χ0n) is 9.41. The van der Waals surface area contributed by atoms with E-state index < -0.39 is 0 Å². The third kappa shape index (κ3) is 1.15. The van der Waals surface area contributed by atoms with Crippen molar-refractivity contribution in [3.63, 3.8) is 0 Å². The van der Waals surface area contributed by atoms with E-state index in [0.29, 0.717) is 29.2 Å². The Morgan fingerprint density at radius 1 is 1.06 bits per heavy atom. The number of nitrogens with one attached hydrogen (secondary N) is 2. The fraction of sp³-hybridized carbons (Fsp3) is 0.333. The summed E-state index contributed by atoms with van der Waals surface area (Å²) in [6.07, 6.45) is 0. The predicted molar refractivity (Wildman–Crippen MR) is 60.0 cm³/mol. The van der Waals surface area contributed by atoms with E-state index in [9.17, 15) is 9.59 Å². The Morgan fingerprint density at radius 2 is 1.72 bits per heavy atom. The maximum Gasteiger partial charge on any atom is 0.259 e. The van der Waals surface area contributed by atoms with Crippen molar-refractivity contribution in [1.29, 1.82) is 0 Å².